The molecule has 1 rings (SSSR count). The van der Waals surface area contributed by atoms with E-state index in [0.29, 0.717) is 0 Å². The van der Waals surface area contributed by atoms with Gasteiger partial charge in [0.15, 0.2) is 0 Å². The third kappa shape index (κ3) is 3.00. The smallest absolute Gasteiger partial charge is 0.0411 e. The molecular formula is C9H9ClS. The van der Waals surface area contributed by atoms with Gasteiger partial charge in [0.25, 0.3) is 0 Å². The lowest BCUT2D eigenvalue weighted by Gasteiger charge is -1.94. The SMILES string of the molecule is CC(S)=Cc1cccc(Cl)c1. The summed E-state index contributed by atoms with van der Waals surface area (Å²) < 4.78 is 0. The van der Waals surface area contributed by atoms with Crippen molar-refractivity contribution in [3.63, 3.8) is 0 Å². The van der Waals surface area contributed by atoms with Gasteiger partial charge in [-0.3, -0.25) is 0 Å². The van der Waals surface area contributed by atoms with Crippen molar-refractivity contribution in [1.82, 2.24) is 0 Å². The van der Waals surface area contributed by atoms with Gasteiger partial charge in [-0.05, 0) is 35.6 Å². The molecule has 0 nitrogen and oxygen atoms in total. The fourth-order valence-corrected chi connectivity index (χ4v) is 1.19. The summed E-state index contributed by atoms with van der Waals surface area (Å²) in [6, 6.07) is 7.67. The summed E-state index contributed by atoms with van der Waals surface area (Å²) in [5, 5.41) is 0.758. The van der Waals surface area contributed by atoms with Gasteiger partial charge in [-0.2, -0.15) is 0 Å². The van der Waals surface area contributed by atoms with Gasteiger partial charge in [-0.15, -0.1) is 12.6 Å². The van der Waals surface area contributed by atoms with Crippen LogP contribution in [0.5, 0.6) is 0 Å². The largest absolute Gasteiger partial charge is 0.148 e. The van der Waals surface area contributed by atoms with Crippen molar-refractivity contribution >= 4 is 30.3 Å². The van der Waals surface area contributed by atoms with Crippen molar-refractivity contribution in [3.8, 4) is 0 Å². The molecule has 0 spiro atoms. The number of hydrogen-bond acceptors (Lipinski definition) is 1. The molecule has 0 radical (unpaired) electrons. The maximum absolute atomic E-state index is 5.77. The predicted molar refractivity (Wildman–Crippen MR) is 54.1 cm³/mol. The van der Waals surface area contributed by atoms with Crippen molar-refractivity contribution in [2.45, 2.75) is 6.92 Å². The summed E-state index contributed by atoms with van der Waals surface area (Å²) in [6.07, 6.45) is 1.97. The Morgan fingerprint density at radius 1 is 1.55 bits per heavy atom. The van der Waals surface area contributed by atoms with E-state index in [2.05, 4.69) is 12.6 Å². The molecule has 0 atom stereocenters. The minimum atomic E-state index is 0.758. The summed E-state index contributed by atoms with van der Waals surface area (Å²) in [4.78, 5) is 0.979. The monoisotopic (exact) mass is 184 g/mol. The van der Waals surface area contributed by atoms with Gasteiger partial charge in [0.1, 0.15) is 0 Å². The van der Waals surface area contributed by atoms with Crippen LogP contribution in [0.1, 0.15) is 12.5 Å². The maximum Gasteiger partial charge on any atom is 0.0411 e. The predicted octanol–water partition coefficient (Wildman–Crippen LogP) is 3.63. The molecule has 0 aromatic heterocycles. The normalized spacial score (nSPS) is 11.7. The van der Waals surface area contributed by atoms with Gasteiger partial charge in [-0.25, -0.2) is 0 Å². The van der Waals surface area contributed by atoms with Gasteiger partial charge in [0.2, 0.25) is 0 Å². The van der Waals surface area contributed by atoms with E-state index in [1.54, 1.807) is 0 Å². The van der Waals surface area contributed by atoms with Crippen LogP contribution >= 0.6 is 24.2 Å². The van der Waals surface area contributed by atoms with E-state index in [4.69, 9.17) is 11.6 Å². The Morgan fingerprint density at radius 2 is 2.27 bits per heavy atom. The highest BCUT2D eigenvalue weighted by molar-refractivity contribution is 7.84. The van der Waals surface area contributed by atoms with Crippen LogP contribution in [0, 0.1) is 0 Å². The number of thiol groups is 1. The van der Waals surface area contributed by atoms with Crippen LogP contribution in [0.4, 0.5) is 0 Å². The summed E-state index contributed by atoms with van der Waals surface area (Å²) in [6.45, 7) is 1.93. The first kappa shape index (κ1) is 8.69. The highest BCUT2D eigenvalue weighted by atomic mass is 35.5. The molecule has 0 fully saturated rings. The van der Waals surface area contributed by atoms with Crippen LogP contribution in [0.2, 0.25) is 5.02 Å². The van der Waals surface area contributed by atoms with Crippen LogP contribution < -0.4 is 0 Å². The quantitative estimate of drug-likeness (QED) is 0.634. The molecule has 1 aromatic carbocycles. The Hall–Kier alpha value is -0.400. The third-order valence-electron chi connectivity index (χ3n) is 1.22. The standard InChI is InChI=1S/C9H9ClS/c1-7(11)5-8-3-2-4-9(10)6-8/h2-6,11H,1H3. The maximum atomic E-state index is 5.77. The molecule has 0 saturated carbocycles. The molecular weight excluding hydrogens is 176 g/mol. The second-order valence-electron chi connectivity index (χ2n) is 2.34. The molecule has 0 aliphatic carbocycles. The Balaban J connectivity index is 2.97. The molecule has 0 unspecified atom stereocenters. The fourth-order valence-electron chi connectivity index (χ4n) is 0.838. The zero-order chi connectivity index (χ0) is 8.27. The molecule has 0 N–H and O–H groups in total. The molecule has 0 amide bonds. The average Bonchev–Trinajstić information content (AvgIpc) is 1.85. The molecule has 1 aromatic rings. The number of benzene rings is 1. The van der Waals surface area contributed by atoms with Crippen molar-refractivity contribution in [2.75, 3.05) is 0 Å². The van der Waals surface area contributed by atoms with E-state index in [9.17, 15) is 0 Å². The zero-order valence-corrected chi connectivity index (χ0v) is 7.86. The second kappa shape index (κ2) is 3.84. The van der Waals surface area contributed by atoms with E-state index < -0.39 is 0 Å². The van der Waals surface area contributed by atoms with Crippen LogP contribution in [0.15, 0.2) is 29.2 Å². The molecule has 0 bridgehead atoms. The minimum Gasteiger partial charge on any atom is -0.148 e. The van der Waals surface area contributed by atoms with Crippen molar-refractivity contribution in [3.05, 3.63) is 39.8 Å². The number of halogens is 1. The van der Waals surface area contributed by atoms with Crippen LogP contribution in [0.3, 0.4) is 0 Å². The highest BCUT2D eigenvalue weighted by Crippen LogP contribution is 2.14. The molecule has 0 saturated heterocycles. The minimum absolute atomic E-state index is 0.758. The summed E-state index contributed by atoms with van der Waals surface area (Å²) in [5.74, 6) is 0. The third-order valence-corrected chi connectivity index (χ3v) is 1.59. The number of allylic oxidation sites excluding steroid dienone is 1. The molecule has 2 heteroatoms. The van der Waals surface area contributed by atoms with Crippen molar-refractivity contribution < 1.29 is 0 Å². The van der Waals surface area contributed by atoms with Crippen LogP contribution in [-0.4, -0.2) is 0 Å². The summed E-state index contributed by atoms with van der Waals surface area (Å²) in [7, 11) is 0. The molecule has 0 aliphatic heterocycles. The first-order chi connectivity index (χ1) is 5.18. The van der Waals surface area contributed by atoms with Gasteiger partial charge >= 0.3 is 0 Å². The van der Waals surface area contributed by atoms with Gasteiger partial charge in [0.05, 0.1) is 0 Å². The summed E-state index contributed by atoms with van der Waals surface area (Å²) in [5.41, 5.74) is 1.09. The van der Waals surface area contributed by atoms with Crippen LogP contribution in [-0.2, 0) is 0 Å². The Kier molecular flexibility index (Phi) is 3.03. The lowest BCUT2D eigenvalue weighted by atomic mass is 10.2. The topological polar surface area (TPSA) is 0 Å². The highest BCUT2D eigenvalue weighted by Gasteiger charge is 1.88. The van der Waals surface area contributed by atoms with E-state index in [0.717, 1.165) is 15.5 Å². The summed E-state index contributed by atoms with van der Waals surface area (Å²) >= 11 is 9.94. The zero-order valence-electron chi connectivity index (χ0n) is 6.21. The van der Waals surface area contributed by atoms with Crippen LogP contribution in [0.25, 0.3) is 6.08 Å². The molecule has 58 valence electrons. The fraction of sp³-hybridized carbons (Fsp3) is 0.111. The lowest BCUT2D eigenvalue weighted by Crippen LogP contribution is -1.71. The van der Waals surface area contributed by atoms with E-state index in [1.165, 1.54) is 0 Å². The van der Waals surface area contributed by atoms with E-state index >= 15 is 0 Å². The second-order valence-corrected chi connectivity index (χ2v) is 3.48. The Bertz CT molecular complexity index is 275. The van der Waals surface area contributed by atoms with Gasteiger partial charge < -0.3 is 0 Å². The average molecular weight is 185 g/mol. The molecule has 0 heterocycles. The molecule has 0 aliphatic rings. The number of hydrogen-bond donors (Lipinski definition) is 1. The first-order valence-electron chi connectivity index (χ1n) is 3.31. The van der Waals surface area contributed by atoms with Gasteiger partial charge in [-0.1, -0.05) is 23.7 Å². The van der Waals surface area contributed by atoms with Crippen molar-refractivity contribution in [2.24, 2.45) is 0 Å². The van der Waals surface area contributed by atoms with Gasteiger partial charge in [0, 0.05) is 5.02 Å². The number of rotatable bonds is 1. The van der Waals surface area contributed by atoms with E-state index in [-0.39, 0.29) is 0 Å². The Morgan fingerprint density at radius 3 is 2.82 bits per heavy atom. The van der Waals surface area contributed by atoms with E-state index in [1.807, 2.05) is 37.3 Å². The lowest BCUT2D eigenvalue weighted by molar-refractivity contribution is 1.63. The molecule has 11 heavy (non-hydrogen) atoms. The Labute approximate surface area is 77.3 Å². The van der Waals surface area contributed by atoms with Crippen molar-refractivity contribution in [1.29, 1.82) is 0 Å². The first-order valence-corrected chi connectivity index (χ1v) is 4.14.